The van der Waals surface area contributed by atoms with Gasteiger partial charge in [-0.15, -0.1) is 0 Å². The van der Waals surface area contributed by atoms with Crippen LogP contribution < -0.4 is 9.64 Å². The molecule has 1 aromatic carbocycles. The molecule has 0 radical (unpaired) electrons. The Kier molecular flexibility index (Phi) is 4.94. The van der Waals surface area contributed by atoms with Gasteiger partial charge in [-0.3, -0.25) is 15.0 Å². The first-order valence-electron chi connectivity index (χ1n) is 10.7. The summed E-state index contributed by atoms with van der Waals surface area (Å²) in [4.78, 5) is 29.6. The SMILES string of the molecule is COc1cc2c3c(c1)[C@](SC(C)=N)(C1=C(O)CC(C)(C)CC1=O)C(=O)N3C(C)(C)C=C2C. The van der Waals surface area contributed by atoms with Crippen molar-refractivity contribution < 1.29 is 19.4 Å². The predicted octanol–water partition coefficient (Wildman–Crippen LogP) is 5.36. The largest absolute Gasteiger partial charge is 0.512 e. The summed E-state index contributed by atoms with van der Waals surface area (Å²) in [6.07, 6.45) is 2.56. The second-order valence-electron chi connectivity index (χ2n) is 10.3. The summed E-state index contributed by atoms with van der Waals surface area (Å²) in [7, 11) is 1.57. The van der Waals surface area contributed by atoms with Crippen molar-refractivity contribution in [3.8, 4) is 5.75 Å². The average molecular weight is 455 g/mol. The Morgan fingerprint density at radius 3 is 2.41 bits per heavy atom. The van der Waals surface area contributed by atoms with E-state index >= 15 is 0 Å². The van der Waals surface area contributed by atoms with Gasteiger partial charge in [-0.05, 0) is 50.8 Å². The highest BCUT2D eigenvalue weighted by Gasteiger charge is 2.62. The normalized spacial score (nSPS) is 25.6. The number of carbonyl (C=O) groups excluding carboxylic acids is 2. The van der Waals surface area contributed by atoms with Gasteiger partial charge in [0.25, 0.3) is 5.91 Å². The summed E-state index contributed by atoms with van der Waals surface area (Å²) in [6.45, 7) is 11.4. The molecule has 7 heteroatoms. The van der Waals surface area contributed by atoms with E-state index in [1.807, 2.05) is 46.8 Å². The number of hydrogen-bond donors (Lipinski definition) is 2. The fourth-order valence-corrected chi connectivity index (χ4v) is 6.68. The van der Waals surface area contributed by atoms with Crippen LogP contribution in [0.25, 0.3) is 5.57 Å². The van der Waals surface area contributed by atoms with E-state index in [9.17, 15) is 14.7 Å². The minimum atomic E-state index is -1.53. The lowest BCUT2D eigenvalue weighted by Crippen LogP contribution is -2.52. The minimum Gasteiger partial charge on any atom is -0.512 e. The molecule has 0 fully saturated rings. The first-order valence-corrected chi connectivity index (χ1v) is 11.5. The Balaban J connectivity index is 2.13. The Morgan fingerprint density at radius 1 is 1.19 bits per heavy atom. The lowest BCUT2D eigenvalue weighted by atomic mass is 9.72. The summed E-state index contributed by atoms with van der Waals surface area (Å²) >= 11 is 1.03. The number of Topliss-reactive ketones (excluding diaryl/α,β-unsaturated/α-hetero) is 1. The Bertz CT molecular complexity index is 1140. The van der Waals surface area contributed by atoms with E-state index in [1.165, 1.54) is 0 Å². The van der Waals surface area contributed by atoms with Crippen LogP contribution >= 0.6 is 11.8 Å². The molecule has 0 aromatic heterocycles. The number of anilines is 1. The third-order valence-corrected chi connectivity index (χ3v) is 7.72. The molecule has 1 aromatic rings. The third kappa shape index (κ3) is 3.04. The van der Waals surface area contributed by atoms with Crippen molar-refractivity contribution in [1.82, 2.24) is 0 Å². The number of ketones is 1. The molecule has 3 aliphatic rings. The fourth-order valence-electron chi connectivity index (χ4n) is 5.44. The second kappa shape index (κ2) is 6.98. The topological polar surface area (TPSA) is 90.7 Å². The van der Waals surface area contributed by atoms with Crippen LogP contribution in [0.1, 0.15) is 65.5 Å². The molecule has 32 heavy (non-hydrogen) atoms. The standard InChI is InChI=1S/C25H30N2O4S/c1-13-10-24(5,6)27-21-16(13)8-15(31-7)9-17(21)25(22(27)30,32-14(2)26)20-18(28)11-23(3,4)12-19(20)29/h8-10,26,28H,11-12H2,1-7H3/t25-/m0/s1. The highest BCUT2D eigenvalue weighted by Crippen LogP contribution is 2.61. The number of methoxy groups -OCH3 is 1. The average Bonchev–Trinajstić information content (AvgIpc) is 2.87. The first-order chi connectivity index (χ1) is 14.7. The summed E-state index contributed by atoms with van der Waals surface area (Å²) in [6, 6.07) is 3.69. The molecule has 1 atom stereocenters. The Labute approximate surface area is 193 Å². The number of thioether (sulfide) groups is 1. The van der Waals surface area contributed by atoms with Gasteiger partial charge in [0.15, 0.2) is 10.5 Å². The van der Waals surface area contributed by atoms with Gasteiger partial charge >= 0.3 is 0 Å². The number of nitrogens with zero attached hydrogens (tertiary/aromatic N) is 1. The van der Waals surface area contributed by atoms with Crippen molar-refractivity contribution >= 4 is 39.8 Å². The van der Waals surface area contributed by atoms with Crippen molar-refractivity contribution in [3.05, 3.63) is 40.7 Å². The zero-order valence-electron chi connectivity index (χ0n) is 19.7. The molecular formula is C25H30N2O4S. The molecule has 1 aliphatic carbocycles. The number of hydrogen-bond acceptors (Lipinski definition) is 6. The van der Waals surface area contributed by atoms with E-state index in [1.54, 1.807) is 25.0 Å². The monoisotopic (exact) mass is 454 g/mol. The number of rotatable bonds is 3. The van der Waals surface area contributed by atoms with Crippen LogP contribution in [0.3, 0.4) is 0 Å². The zero-order valence-corrected chi connectivity index (χ0v) is 20.5. The van der Waals surface area contributed by atoms with Crippen LogP contribution in [0.4, 0.5) is 5.69 Å². The number of carbonyl (C=O) groups is 2. The molecule has 1 amide bonds. The van der Waals surface area contributed by atoms with Gasteiger partial charge in [-0.25, -0.2) is 0 Å². The number of allylic oxidation sites excluding steroid dienone is 2. The molecule has 2 heterocycles. The summed E-state index contributed by atoms with van der Waals surface area (Å²) < 4.78 is 4.04. The number of aliphatic hydroxyl groups excluding tert-OH is 1. The molecule has 0 saturated heterocycles. The number of amides is 1. The Morgan fingerprint density at radius 2 is 1.84 bits per heavy atom. The summed E-state index contributed by atoms with van der Waals surface area (Å²) in [5.41, 5.74) is 2.28. The van der Waals surface area contributed by atoms with Crippen LogP contribution in [0, 0.1) is 10.8 Å². The molecule has 0 bridgehead atoms. The van der Waals surface area contributed by atoms with Crippen LogP contribution in [-0.2, 0) is 14.3 Å². The summed E-state index contributed by atoms with van der Waals surface area (Å²) in [5, 5.41) is 19.7. The fraction of sp³-hybridized carbons (Fsp3) is 0.480. The molecule has 4 rings (SSSR count). The van der Waals surface area contributed by atoms with Gasteiger partial charge in [-0.2, -0.15) is 0 Å². The van der Waals surface area contributed by atoms with Gasteiger partial charge < -0.3 is 14.7 Å². The van der Waals surface area contributed by atoms with Crippen molar-refractivity contribution in [3.63, 3.8) is 0 Å². The van der Waals surface area contributed by atoms with E-state index in [4.69, 9.17) is 10.1 Å². The zero-order chi connectivity index (χ0) is 23.8. The van der Waals surface area contributed by atoms with E-state index in [0.717, 1.165) is 28.6 Å². The highest BCUT2D eigenvalue weighted by atomic mass is 32.2. The number of nitrogens with one attached hydrogen (secondary N) is 1. The maximum Gasteiger partial charge on any atom is 0.253 e. The van der Waals surface area contributed by atoms with Gasteiger partial charge in [0.2, 0.25) is 0 Å². The quantitative estimate of drug-likeness (QED) is 0.474. The van der Waals surface area contributed by atoms with E-state index in [0.29, 0.717) is 17.7 Å². The maximum absolute atomic E-state index is 14.4. The molecule has 0 unspecified atom stereocenters. The lowest BCUT2D eigenvalue weighted by molar-refractivity contribution is -0.124. The molecule has 170 valence electrons. The van der Waals surface area contributed by atoms with Crippen molar-refractivity contribution in [2.75, 3.05) is 12.0 Å². The molecule has 0 spiro atoms. The molecule has 6 nitrogen and oxygen atoms in total. The Hall–Kier alpha value is -2.54. The van der Waals surface area contributed by atoms with E-state index in [-0.39, 0.29) is 34.5 Å². The number of benzene rings is 1. The van der Waals surface area contributed by atoms with Crippen LogP contribution in [-0.4, -0.2) is 34.5 Å². The van der Waals surface area contributed by atoms with Crippen LogP contribution in [0.5, 0.6) is 5.75 Å². The molecule has 0 saturated carbocycles. The summed E-state index contributed by atoms with van der Waals surface area (Å²) in [5.74, 6) is -0.0499. The van der Waals surface area contributed by atoms with Crippen LogP contribution in [0.15, 0.2) is 29.5 Å². The van der Waals surface area contributed by atoms with Crippen LogP contribution in [0.2, 0.25) is 0 Å². The molecular weight excluding hydrogens is 424 g/mol. The number of aliphatic hydroxyl groups is 1. The van der Waals surface area contributed by atoms with Crippen molar-refractivity contribution in [2.45, 2.75) is 64.7 Å². The van der Waals surface area contributed by atoms with Gasteiger partial charge in [0, 0.05) is 24.0 Å². The maximum atomic E-state index is 14.4. The minimum absolute atomic E-state index is 0.0627. The first kappa shape index (κ1) is 22.6. The highest BCUT2D eigenvalue weighted by molar-refractivity contribution is 8.15. The second-order valence-corrected chi connectivity index (χ2v) is 11.7. The third-order valence-electron chi connectivity index (χ3n) is 6.51. The smallest absolute Gasteiger partial charge is 0.253 e. The molecule has 2 aliphatic heterocycles. The van der Waals surface area contributed by atoms with Gasteiger partial charge in [0.1, 0.15) is 11.5 Å². The van der Waals surface area contributed by atoms with Crippen molar-refractivity contribution in [1.29, 1.82) is 5.41 Å². The molecule has 2 N–H and O–H groups in total. The van der Waals surface area contributed by atoms with Gasteiger partial charge in [0.05, 0.1) is 29.0 Å². The van der Waals surface area contributed by atoms with E-state index < -0.39 is 15.7 Å². The van der Waals surface area contributed by atoms with Crippen molar-refractivity contribution in [2.24, 2.45) is 5.41 Å². The predicted molar refractivity (Wildman–Crippen MR) is 129 cm³/mol. The van der Waals surface area contributed by atoms with E-state index in [2.05, 4.69) is 0 Å². The number of ether oxygens (including phenoxy) is 1. The van der Waals surface area contributed by atoms with Gasteiger partial charge in [-0.1, -0.05) is 31.7 Å². The lowest BCUT2D eigenvalue weighted by Gasteiger charge is -2.40.